The van der Waals surface area contributed by atoms with Crippen molar-refractivity contribution >= 4 is 45.4 Å². The predicted octanol–water partition coefficient (Wildman–Crippen LogP) is 3.94. The van der Waals surface area contributed by atoms with Crippen molar-refractivity contribution in [3.8, 4) is 5.75 Å². The summed E-state index contributed by atoms with van der Waals surface area (Å²) < 4.78 is 6.32. The lowest BCUT2D eigenvalue weighted by Crippen LogP contribution is -2.17. The Bertz CT molecular complexity index is 893. The molecule has 0 atom stereocenters. The molecule has 0 radical (unpaired) electrons. The van der Waals surface area contributed by atoms with Crippen LogP contribution in [0.25, 0.3) is 11.2 Å². The highest BCUT2D eigenvalue weighted by Gasteiger charge is 2.16. The van der Waals surface area contributed by atoms with E-state index in [4.69, 9.17) is 27.9 Å². The highest BCUT2D eigenvalue weighted by molar-refractivity contribution is 6.63. The van der Waals surface area contributed by atoms with Gasteiger partial charge in [0.05, 0.1) is 12.8 Å². The van der Waals surface area contributed by atoms with E-state index in [0.29, 0.717) is 17.7 Å². The Balaban J connectivity index is 1.96. The maximum Gasteiger partial charge on any atom is 0.327 e. The monoisotopic (exact) mass is 364 g/mol. The number of pyridine rings is 1. The number of carbonyl (C=O) groups is 1. The van der Waals surface area contributed by atoms with E-state index in [0.717, 1.165) is 21.6 Å². The number of imidazole rings is 1. The summed E-state index contributed by atoms with van der Waals surface area (Å²) in [6.07, 6.45) is 1.34. The molecule has 124 valence electrons. The molecule has 2 aromatic heterocycles. The summed E-state index contributed by atoms with van der Waals surface area (Å²) >= 11 is 11.6. The van der Waals surface area contributed by atoms with Crippen molar-refractivity contribution in [2.24, 2.45) is 0 Å². The van der Waals surface area contributed by atoms with Crippen molar-refractivity contribution in [1.82, 2.24) is 14.5 Å². The van der Waals surface area contributed by atoms with E-state index in [9.17, 15) is 4.79 Å². The highest BCUT2D eigenvalue weighted by atomic mass is 35.5. The Kier molecular flexibility index (Phi) is 4.59. The third-order valence-corrected chi connectivity index (χ3v) is 4.01. The quantitative estimate of drug-likeness (QED) is 0.518. The molecule has 0 spiro atoms. The average molecular weight is 365 g/mol. The average Bonchev–Trinajstić information content (AvgIpc) is 2.98. The van der Waals surface area contributed by atoms with Gasteiger partial charge < -0.3 is 9.64 Å². The van der Waals surface area contributed by atoms with Gasteiger partial charge in [0.15, 0.2) is 5.65 Å². The van der Waals surface area contributed by atoms with E-state index >= 15 is 0 Å². The summed E-state index contributed by atoms with van der Waals surface area (Å²) in [6, 6.07) is 9.48. The molecular weight excluding hydrogens is 351 g/mol. The third kappa shape index (κ3) is 3.16. The van der Waals surface area contributed by atoms with Crippen molar-refractivity contribution < 1.29 is 9.53 Å². The standard InChI is InChI=1S/C16H14Cl2N4O2/c1-21(8-10-3-5-11(24-2)6-4-10)12-7-13(17)20-15-14(12)19-9-22(15)16(18)23/h3-7,9H,8H2,1-2H3. The number of aromatic nitrogens is 3. The van der Waals surface area contributed by atoms with Crippen molar-refractivity contribution in [2.75, 3.05) is 19.1 Å². The molecule has 0 aliphatic heterocycles. The van der Waals surface area contributed by atoms with Crippen LogP contribution in [0.5, 0.6) is 5.75 Å². The first-order valence-corrected chi connectivity index (χ1v) is 7.82. The molecule has 6 nitrogen and oxygen atoms in total. The van der Waals surface area contributed by atoms with Gasteiger partial charge in [-0.3, -0.25) is 4.79 Å². The number of benzene rings is 1. The minimum atomic E-state index is -0.684. The Hall–Kier alpha value is -2.31. The van der Waals surface area contributed by atoms with Gasteiger partial charge >= 0.3 is 5.37 Å². The third-order valence-electron chi connectivity index (χ3n) is 3.63. The molecule has 3 aromatic rings. The molecular formula is C16H14Cl2N4O2. The molecule has 24 heavy (non-hydrogen) atoms. The van der Waals surface area contributed by atoms with Crippen molar-refractivity contribution in [3.63, 3.8) is 0 Å². The summed E-state index contributed by atoms with van der Waals surface area (Å²) in [5.41, 5.74) is 2.74. The molecule has 8 heteroatoms. The van der Waals surface area contributed by atoms with Crippen LogP contribution in [0.15, 0.2) is 36.7 Å². The van der Waals surface area contributed by atoms with E-state index in [1.807, 2.05) is 36.2 Å². The van der Waals surface area contributed by atoms with Gasteiger partial charge in [-0.15, -0.1) is 0 Å². The second-order valence-corrected chi connectivity index (χ2v) is 5.92. The lowest BCUT2D eigenvalue weighted by Gasteiger charge is -2.20. The van der Waals surface area contributed by atoms with E-state index in [2.05, 4.69) is 9.97 Å². The van der Waals surface area contributed by atoms with E-state index < -0.39 is 5.37 Å². The molecule has 3 rings (SSSR count). The number of rotatable bonds is 4. The predicted molar refractivity (Wildman–Crippen MR) is 94.3 cm³/mol. The van der Waals surface area contributed by atoms with Crippen molar-refractivity contribution in [3.05, 3.63) is 47.4 Å². The van der Waals surface area contributed by atoms with Crippen LogP contribution in [0.4, 0.5) is 10.5 Å². The summed E-state index contributed by atoms with van der Waals surface area (Å²) in [5, 5.41) is -0.422. The Morgan fingerprint density at radius 2 is 2.04 bits per heavy atom. The van der Waals surface area contributed by atoms with Gasteiger partial charge in [-0.2, -0.15) is 0 Å². The zero-order valence-electron chi connectivity index (χ0n) is 13.0. The van der Waals surface area contributed by atoms with Gasteiger partial charge in [0.2, 0.25) is 0 Å². The second-order valence-electron chi connectivity index (χ2n) is 5.21. The molecule has 0 amide bonds. The topological polar surface area (TPSA) is 60.2 Å². The second kappa shape index (κ2) is 6.67. The molecule has 0 saturated heterocycles. The molecule has 0 fully saturated rings. The fraction of sp³-hybridized carbons (Fsp3) is 0.188. The van der Waals surface area contributed by atoms with Gasteiger partial charge in [-0.1, -0.05) is 23.7 Å². The summed E-state index contributed by atoms with van der Waals surface area (Å²) in [6.45, 7) is 0.626. The summed E-state index contributed by atoms with van der Waals surface area (Å²) in [5.74, 6) is 0.801. The molecule has 0 unspecified atom stereocenters. The van der Waals surface area contributed by atoms with Gasteiger partial charge in [0.1, 0.15) is 22.7 Å². The highest BCUT2D eigenvalue weighted by Crippen LogP contribution is 2.28. The number of nitrogens with zero attached hydrogens (tertiary/aromatic N) is 4. The molecule has 1 aromatic carbocycles. The fourth-order valence-electron chi connectivity index (χ4n) is 2.45. The van der Waals surface area contributed by atoms with Crippen LogP contribution in [0.3, 0.4) is 0 Å². The number of fused-ring (bicyclic) bond motifs is 1. The van der Waals surface area contributed by atoms with Gasteiger partial charge in [0.25, 0.3) is 0 Å². The molecule has 0 N–H and O–H groups in total. The van der Waals surface area contributed by atoms with Crippen LogP contribution in [-0.2, 0) is 6.54 Å². The lowest BCUT2D eigenvalue weighted by atomic mass is 10.2. The number of hydrogen-bond acceptors (Lipinski definition) is 5. The largest absolute Gasteiger partial charge is 0.497 e. The van der Waals surface area contributed by atoms with Crippen LogP contribution < -0.4 is 9.64 Å². The first-order chi connectivity index (χ1) is 11.5. The first kappa shape index (κ1) is 16.5. The number of hydrogen-bond donors (Lipinski definition) is 0. The summed E-state index contributed by atoms with van der Waals surface area (Å²) in [4.78, 5) is 21.8. The van der Waals surface area contributed by atoms with Crippen LogP contribution in [-0.4, -0.2) is 34.1 Å². The SMILES string of the molecule is COc1ccc(CN(C)c2cc(Cl)nc3c2ncn3C(=O)Cl)cc1. The van der Waals surface area contributed by atoms with E-state index in [1.165, 1.54) is 6.33 Å². The number of anilines is 1. The number of ether oxygens (including phenoxy) is 1. The maximum atomic E-state index is 11.4. The Morgan fingerprint density at radius 1 is 1.33 bits per heavy atom. The number of carbonyl (C=O) groups excluding carboxylic acids is 1. The van der Waals surface area contributed by atoms with Crippen molar-refractivity contribution in [2.45, 2.75) is 6.54 Å². The zero-order chi connectivity index (χ0) is 17.3. The minimum Gasteiger partial charge on any atom is -0.497 e. The van der Waals surface area contributed by atoms with Crippen molar-refractivity contribution in [1.29, 1.82) is 0 Å². The van der Waals surface area contributed by atoms with E-state index in [1.54, 1.807) is 13.2 Å². The Morgan fingerprint density at radius 3 is 2.67 bits per heavy atom. The number of halogens is 2. The Labute approximate surface area is 148 Å². The van der Waals surface area contributed by atoms with Gasteiger partial charge in [0, 0.05) is 19.7 Å². The lowest BCUT2D eigenvalue weighted by molar-refractivity contribution is 0.261. The van der Waals surface area contributed by atoms with Crippen LogP contribution in [0.1, 0.15) is 5.56 Å². The minimum absolute atomic E-state index is 0.263. The fourth-order valence-corrected chi connectivity index (χ4v) is 2.76. The molecule has 0 aliphatic carbocycles. The van der Waals surface area contributed by atoms with Crippen LogP contribution in [0.2, 0.25) is 5.15 Å². The normalized spacial score (nSPS) is 10.8. The molecule has 0 aliphatic rings. The molecule has 0 bridgehead atoms. The van der Waals surface area contributed by atoms with Crippen LogP contribution >= 0.6 is 23.2 Å². The summed E-state index contributed by atoms with van der Waals surface area (Å²) in [7, 11) is 3.54. The zero-order valence-corrected chi connectivity index (χ0v) is 14.5. The first-order valence-electron chi connectivity index (χ1n) is 7.07. The van der Waals surface area contributed by atoms with Crippen LogP contribution in [0, 0.1) is 0 Å². The van der Waals surface area contributed by atoms with Gasteiger partial charge in [-0.05, 0) is 29.3 Å². The molecule has 0 saturated carbocycles. The van der Waals surface area contributed by atoms with Gasteiger partial charge in [-0.25, -0.2) is 14.5 Å². The number of methoxy groups -OCH3 is 1. The smallest absolute Gasteiger partial charge is 0.327 e. The van der Waals surface area contributed by atoms with E-state index in [-0.39, 0.29) is 5.15 Å². The maximum absolute atomic E-state index is 11.4. The molecule has 2 heterocycles.